The maximum Gasteiger partial charge on any atom is 0.0575 e. The third-order valence-electron chi connectivity index (χ3n) is 3.23. The zero-order chi connectivity index (χ0) is 10.8. The molecule has 15 heavy (non-hydrogen) atoms. The largest absolute Gasteiger partial charge is 0.378 e. The van der Waals surface area contributed by atoms with Crippen LogP contribution in [0.3, 0.4) is 0 Å². The van der Waals surface area contributed by atoms with Gasteiger partial charge in [0.15, 0.2) is 0 Å². The van der Waals surface area contributed by atoms with Crippen molar-refractivity contribution in [2.45, 2.75) is 63.9 Å². The van der Waals surface area contributed by atoms with E-state index in [1.807, 2.05) is 7.05 Å². The summed E-state index contributed by atoms with van der Waals surface area (Å²) in [6.45, 7) is 2.15. The Morgan fingerprint density at radius 3 is 2.47 bits per heavy atom. The first-order chi connectivity index (χ1) is 7.43. The van der Waals surface area contributed by atoms with E-state index in [2.05, 4.69) is 5.32 Å². The molecule has 1 aliphatic carbocycles. The van der Waals surface area contributed by atoms with E-state index in [0.717, 1.165) is 13.2 Å². The van der Waals surface area contributed by atoms with E-state index in [-0.39, 0.29) is 0 Å². The Balaban J connectivity index is 1.79. The van der Waals surface area contributed by atoms with Crippen LogP contribution in [0.4, 0.5) is 0 Å². The minimum absolute atomic E-state index is 0.594. The van der Waals surface area contributed by atoms with Crippen molar-refractivity contribution in [3.8, 4) is 0 Å². The normalized spacial score (nSPS) is 18.2. The summed E-state index contributed by atoms with van der Waals surface area (Å²) < 4.78 is 5.87. The van der Waals surface area contributed by atoms with Gasteiger partial charge in [-0.2, -0.15) is 0 Å². The highest BCUT2D eigenvalue weighted by Gasteiger charge is 2.12. The van der Waals surface area contributed by atoms with Gasteiger partial charge in [0.05, 0.1) is 6.10 Å². The second-order valence-electron chi connectivity index (χ2n) is 4.65. The molecule has 0 bridgehead atoms. The van der Waals surface area contributed by atoms with Crippen LogP contribution in [0.15, 0.2) is 0 Å². The lowest BCUT2D eigenvalue weighted by atomic mass is 9.98. The number of ether oxygens (including phenoxy) is 1. The summed E-state index contributed by atoms with van der Waals surface area (Å²) in [4.78, 5) is 0. The number of hydrogen-bond acceptors (Lipinski definition) is 2. The topological polar surface area (TPSA) is 21.3 Å². The quantitative estimate of drug-likeness (QED) is 0.626. The van der Waals surface area contributed by atoms with Crippen LogP contribution in [0.1, 0.15) is 57.8 Å². The van der Waals surface area contributed by atoms with Crippen LogP contribution in [-0.4, -0.2) is 26.3 Å². The monoisotopic (exact) mass is 213 g/mol. The molecule has 2 heteroatoms. The molecule has 1 N–H and O–H groups in total. The van der Waals surface area contributed by atoms with Gasteiger partial charge in [0.1, 0.15) is 0 Å². The van der Waals surface area contributed by atoms with Crippen molar-refractivity contribution in [2.75, 3.05) is 20.2 Å². The molecule has 0 unspecified atom stereocenters. The van der Waals surface area contributed by atoms with Gasteiger partial charge in [-0.25, -0.2) is 0 Å². The molecule has 0 heterocycles. The lowest BCUT2D eigenvalue weighted by Gasteiger charge is -2.21. The van der Waals surface area contributed by atoms with E-state index in [4.69, 9.17) is 4.74 Å². The van der Waals surface area contributed by atoms with Crippen LogP contribution in [-0.2, 0) is 4.74 Å². The van der Waals surface area contributed by atoms with Gasteiger partial charge >= 0.3 is 0 Å². The molecule has 0 spiro atoms. The average Bonchev–Trinajstić information content (AvgIpc) is 2.29. The molecule has 1 rings (SSSR count). The molecule has 1 fully saturated rings. The predicted octanol–water partition coefficient (Wildman–Crippen LogP) is 3.12. The van der Waals surface area contributed by atoms with Gasteiger partial charge in [-0.05, 0) is 39.3 Å². The lowest BCUT2D eigenvalue weighted by molar-refractivity contribution is 0.0263. The molecular weight excluding hydrogens is 186 g/mol. The summed E-state index contributed by atoms with van der Waals surface area (Å²) in [5.74, 6) is 0. The minimum atomic E-state index is 0.594. The van der Waals surface area contributed by atoms with Crippen molar-refractivity contribution in [3.63, 3.8) is 0 Å². The molecule has 90 valence electrons. The molecule has 0 atom stereocenters. The first-order valence-corrected chi connectivity index (χ1v) is 6.69. The van der Waals surface area contributed by atoms with Crippen molar-refractivity contribution in [1.82, 2.24) is 5.32 Å². The molecule has 0 aromatic rings. The average molecular weight is 213 g/mol. The van der Waals surface area contributed by atoms with Crippen molar-refractivity contribution in [2.24, 2.45) is 0 Å². The second-order valence-corrected chi connectivity index (χ2v) is 4.65. The number of rotatable bonds is 8. The van der Waals surface area contributed by atoms with E-state index in [1.165, 1.54) is 57.8 Å². The smallest absolute Gasteiger partial charge is 0.0575 e. The van der Waals surface area contributed by atoms with Crippen LogP contribution in [0.2, 0.25) is 0 Å². The van der Waals surface area contributed by atoms with E-state index < -0.39 is 0 Å². The zero-order valence-corrected chi connectivity index (χ0v) is 10.3. The molecule has 0 radical (unpaired) electrons. The summed E-state index contributed by atoms with van der Waals surface area (Å²) >= 11 is 0. The maximum atomic E-state index is 5.87. The third-order valence-corrected chi connectivity index (χ3v) is 3.23. The Labute approximate surface area is 94.8 Å². The Morgan fingerprint density at radius 2 is 1.73 bits per heavy atom. The molecule has 2 nitrogen and oxygen atoms in total. The fourth-order valence-corrected chi connectivity index (χ4v) is 2.24. The van der Waals surface area contributed by atoms with Crippen molar-refractivity contribution in [3.05, 3.63) is 0 Å². The van der Waals surface area contributed by atoms with E-state index >= 15 is 0 Å². The van der Waals surface area contributed by atoms with Crippen molar-refractivity contribution in [1.29, 1.82) is 0 Å². The first-order valence-electron chi connectivity index (χ1n) is 6.69. The van der Waals surface area contributed by atoms with Crippen LogP contribution < -0.4 is 5.32 Å². The van der Waals surface area contributed by atoms with E-state index in [0.29, 0.717) is 6.10 Å². The molecule has 1 aliphatic rings. The number of nitrogens with one attached hydrogen (secondary N) is 1. The highest BCUT2D eigenvalue weighted by molar-refractivity contribution is 4.64. The standard InChI is InChI=1S/C13H27NO/c1-14-11-7-2-3-8-12-15-13-9-5-4-6-10-13/h13-14H,2-12H2,1H3. The van der Waals surface area contributed by atoms with Gasteiger partial charge in [0.25, 0.3) is 0 Å². The fraction of sp³-hybridized carbons (Fsp3) is 1.00. The maximum absolute atomic E-state index is 5.87. The van der Waals surface area contributed by atoms with E-state index in [1.54, 1.807) is 0 Å². The SMILES string of the molecule is CNCCCCCCOC1CCCCC1. The van der Waals surface area contributed by atoms with Crippen molar-refractivity contribution < 1.29 is 4.74 Å². The van der Waals surface area contributed by atoms with Gasteiger partial charge in [0.2, 0.25) is 0 Å². The Kier molecular flexibility index (Phi) is 7.94. The van der Waals surface area contributed by atoms with Crippen molar-refractivity contribution >= 4 is 0 Å². The predicted molar refractivity (Wildman–Crippen MR) is 65.2 cm³/mol. The molecule has 0 amide bonds. The summed E-state index contributed by atoms with van der Waals surface area (Å²) in [5, 5.41) is 3.18. The van der Waals surface area contributed by atoms with Gasteiger partial charge < -0.3 is 10.1 Å². The van der Waals surface area contributed by atoms with Gasteiger partial charge in [0, 0.05) is 6.61 Å². The third kappa shape index (κ3) is 6.91. The number of hydrogen-bond donors (Lipinski definition) is 1. The lowest BCUT2D eigenvalue weighted by Crippen LogP contribution is -2.17. The Bertz CT molecular complexity index is 132. The molecular formula is C13H27NO. The zero-order valence-electron chi connectivity index (χ0n) is 10.3. The summed E-state index contributed by atoms with van der Waals surface area (Å²) in [6.07, 6.45) is 12.6. The first kappa shape index (κ1) is 13.0. The Morgan fingerprint density at radius 1 is 1.00 bits per heavy atom. The van der Waals surface area contributed by atoms with Crippen LogP contribution in [0, 0.1) is 0 Å². The molecule has 0 saturated heterocycles. The molecule has 0 aromatic carbocycles. The number of unbranched alkanes of at least 4 members (excludes halogenated alkanes) is 3. The van der Waals surface area contributed by atoms with Gasteiger partial charge in [-0.3, -0.25) is 0 Å². The molecule has 0 aliphatic heterocycles. The highest BCUT2D eigenvalue weighted by Crippen LogP contribution is 2.20. The summed E-state index contributed by atoms with van der Waals surface area (Å²) in [5.41, 5.74) is 0. The summed E-state index contributed by atoms with van der Waals surface area (Å²) in [6, 6.07) is 0. The molecule has 0 aromatic heterocycles. The highest BCUT2D eigenvalue weighted by atomic mass is 16.5. The van der Waals surface area contributed by atoms with Crippen LogP contribution in [0.25, 0.3) is 0 Å². The van der Waals surface area contributed by atoms with Gasteiger partial charge in [-0.15, -0.1) is 0 Å². The second kappa shape index (κ2) is 9.17. The minimum Gasteiger partial charge on any atom is -0.378 e. The Hall–Kier alpha value is -0.0800. The van der Waals surface area contributed by atoms with Crippen LogP contribution in [0.5, 0.6) is 0 Å². The van der Waals surface area contributed by atoms with Gasteiger partial charge in [-0.1, -0.05) is 32.1 Å². The molecule has 1 saturated carbocycles. The van der Waals surface area contributed by atoms with E-state index in [9.17, 15) is 0 Å². The fourth-order valence-electron chi connectivity index (χ4n) is 2.24. The van der Waals surface area contributed by atoms with Crippen LogP contribution >= 0.6 is 0 Å². The summed E-state index contributed by atoms with van der Waals surface area (Å²) in [7, 11) is 2.02.